The van der Waals surface area contributed by atoms with Crippen LogP contribution in [-0.2, 0) is 10.5 Å². The molecule has 1 atom stereocenters. The van der Waals surface area contributed by atoms with Gasteiger partial charge in [-0.25, -0.2) is 4.98 Å². The predicted octanol–water partition coefficient (Wildman–Crippen LogP) is 2.73. The van der Waals surface area contributed by atoms with Gasteiger partial charge in [0.15, 0.2) is 0 Å². The normalized spacial score (nSPS) is 12.4. The first-order valence-electron chi connectivity index (χ1n) is 5.29. The van der Waals surface area contributed by atoms with Gasteiger partial charge in [-0.15, -0.1) is 0 Å². The number of rotatable bonds is 6. The number of nitrogens with two attached hydrogens (primary N) is 1. The van der Waals surface area contributed by atoms with Gasteiger partial charge >= 0.3 is 5.97 Å². The van der Waals surface area contributed by atoms with Gasteiger partial charge in [0.25, 0.3) is 0 Å². The molecule has 0 amide bonds. The molecule has 0 saturated carbocycles. The van der Waals surface area contributed by atoms with Crippen molar-refractivity contribution in [1.29, 1.82) is 0 Å². The second-order valence-electron chi connectivity index (χ2n) is 3.80. The van der Waals surface area contributed by atoms with Crippen molar-refractivity contribution < 1.29 is 9.90 Å². The molecule has 1 heterocycles. The van der Waals surface area contributed by atoms with Gasteiger partial charge in [-0.1, -0.05) is 23.2 Å². The Hall–Kier alpha value is -0.490. The van der Waals surface area contributed by atoms with E-state index in [2.05, 4.69) is 4.98 Å². The number of hydrogen-bond donors (Lipinski definition) is 2. The Balaban J connectivity index is 2.47. The van der Waals surface area contributed by atoms with Gasteiger partial charge in [0.05, 0.1) is 0 Å². The first-order valence-corrected chi connectivity index (χ1v) is 7.20. The van der Waals surface area contributed by atoms with E-state index < -0.39 is 12.0 Å². The monoisotopic (exact) mass is 308 g/mol. The molecule has 1 aromatic rings. The van der Waals surface area contributed by atoms with Crippen LogP contribution in [0.5, 0.6) is 0 Å². The zero-order valence-corrected chi connectivity index (χ0v) is 12.1. The van der Waals surface area contributed by atoms with Crippen LogP contribution < -0.4 is 5.73 Å². The summed E-state index contributed by atoms with van der Waals surface area (Å²) < 4.78 is 0. The summed E-state index contributed by atoms with van der Waals surface area (Å²) in [6.45, 7) is 1.82. The number of thioether (sulfide) groups is 1. The van der Waals surface area contributed by atoms with Crippen molar-refractivity contribution in [1.82, 2.24) is 4.98 Å². The lowest BCUT2D eigenvalue weighted by Gasteiger charge is -2.08. The molecular formula is C11H14Cl2N2O2S. The Morgan fingerprint density at radius 3 is 2.83 bits per heavy atom. The molecule has 18 heavy (non-hydrogen) atoms. The largest absolute Gasteiger partial charge is 0.480 e. The van der Waals surface area contributed by atoms with Crippen LogP contribution in [0, 0.1) is 6.92 Å². The smallest absolute Gasteiger partial charge is 0.320 e. The molecule has 100 valence electrons. The number of carbonyl (C=O) groups is 1. The molecule has 4 nitrogen and oxygen atoms in total. The van der Waals surface area contributed by atoms with E-state index in [9.17, 15) is 4.79 Å². The first-order chi connectivity index (χ1) is 8.41. The molecule has 0 aliphatic rings. The highest BCUT2D eigenvalue weighted by molar-refractivity contribution is 7.98. The van der Waals surface area contributed by atoms with Crippen LogP contribution in [0.3, 0.4) is 0 Å². The molecule has 0 bridgehead atoms. The summed E-state index contributed by atoms with van der Waals surface area (Å²) in [7, 11) is 0. The number of aryl methyl sites for hydroxylation is 1. The first kappa shape index (κ1) is 15.6. The van der Waals surface area contributed by atoms with Crippen LogP contribution in [0.25, 0.3) is 0 Å². The average Bonchev–Trinajstić information content (AvgIpc) is 2.26. The van der Waals surface area contributed by atoms with Gasteiger partial charge in [0, 0.05) is 22.0 Å². The molecule has 0 fully saturated rings. The van der Waals surface area contributed by atoms with Crippen molar-refractivity contribution in [2.45, 2.75) is 25.1 Å². The van der Waals surface area contributed by atoms with Gasteiger partial charge in [-0.2, -0.15) is 11.8 Å². The maximum Gasteiger partial charge on any atom is 0.320 e. The number of nitrogens with zero attached hydrogens (tertiary/aromatic N) is 1. The fourth-order valence-corrected chi connectivity index (χ4v) is 3.14. The molecule has 7 heteroatoms. The minimum atomic E-state index is -0.983. The maximum absolute atomic E-state index is 10.5. The van der Waals surface area contributed by atoms with Crippen LogP contribution in [0.15, 0.2) is 6.07 Å². The van der Waals surface area contributed by atoms with Crippen LogP contribution in [0.4, 0.5) is 0 Å². The number of carboxylic acids is 1. The van der Waals surface area contributed by atoms with E-state index in [0.29, 0.717) is 28.1 Å². The summed E-state index contributed by atoms with van der Waals surface area (Å²) in [5.74, 6) is 0.245. The van der Waals surface area contributed by atoms with Gasteiger partial charge in [-0.3, -0.25) is 4.79 Å². The quantitative estimate of drug-likeness (QED) is 0.624. The minimum absolute atomic E-state index is 0.398. The molecule has 1 aromatic heterocycles. The summed E-state index contributed by atoms with van der Waals surface area (Å²) >= 11 is 13.6. The van der Waals surface area contributed by atoms with Crippen molar-refractivity contribution in [3.63, 3.8) is 0 Å². The molecule has 0 aliphatic carbocycles. The molecule has 0 saturated heterocycles. The fraction of sp³-hybridized carbons (Fsp3) is 0.455. The topological polar surface area (TPSA) is 76.2 Å². The fourth-order valence-electron chi connectivity index (χ4n) is 1.26. The van der Waals surface area contributed by atoms with E-state index in [0.717, 1.165) is 11.3 Å². The van der Waals surface area contributed by atoms with E-state index in [1.165, 1.54) is 11.8 Å². The number of aliphatic carboxylic acids is 1. The number of hydrogen-bond acceptors (Lipinski definition) is 4. The highest BCUT2D eigenvalue weighted by Crippen LogP contribution is 2.28. The number of halogens is 2. The predicted molar refractivity (Wildman–Crippen MR) is 75.4 cm³/mol. The second-order valence-corrected chi connectivity index (χ2v) is 5.67. The van der Waals surface area contributed by atoms with Crippen molar-refractivity contribution >= 4 is 40.9 Å². The lowest BCUT2D eigenvalue weighted by Crippen LogP contribution is -2.30. The summed E-state index contributed by atoms with van der Waals surface area (Å²) in [5, 5.41) is 9.61. The van der Waals surface area contributed by atoms with Crippen LogP contribution in [-0.4, -0.2) is 27.9 Å². The third kappa shape index (κ3) is 4.65. The molecule has 1 rings (SSSR count). The van der Waals surface area contributed by atoms with E-state index in [4.69, 9.17) is 34.0 Å². The Morgan fingerprint density at radius 1 is 1.61 bits per heavy atom. The Labute approximate surface area is 120 Å². The van der Waals surface area contributed by atoms with Crippen LogP contribution in [0.1, 0.15) is 17.7 Å². The summed E-state index contributed by atoms with van der Waals surface area (Å²) in [4.78, 5) is 14.6. The molecule has 0 spiro atoms. The van der Waals surface area contributed by atoms with E-state index in [-0.39, 0.29) is 0 Å². The zero-order chi connectivity index (χ0) is 13.7. The number of carboxylic acid groups (broad SMARTS) is 1. The Kier molecular flexibility index (Phi) is 6.21. The van der Waals surface area contributed by atoms with Gasteiger partial charge in [0.1, 0.15) is 11.2 Å². The number of aromatic nitrogens is 1. The van der Waals surface area contributed by atoms with Crippen LogP contribution >= 0.6 is 35.0 Å². The highest BCUT2D eigenvalue weighted by atomic mass is 35.5. The lowest BCUT2D eigenvalue weighted by molar-refractivity contribution is -0.138. The summed E-state index contributed by atoms with van der Waals surface area (Å²) in [5.41, 5.74) is 6.94. The van der Waals surface area contributed by atoms with Crippen molar-refractivity contribution in [2.24, 2.45) is 5.73 Å². The Bertz CT molecular complexity index is 420. The second kappa shape index (κ2) is 7.19. The molecule has 3 N–H and O–H groups in total. The minimum Gasteiger partial charge on any atom is -0.480 e. The van der Waals surface area contributed by atoms with Crippen LogP contribution in [0.2, 0.25) is 10.2 Å². The number of pyridine rings is 1. The van der Waals surface area contributed by atoms with Crippen molar-refractivity contribution in [3.8, 4) is 0 Å². The molecular weight excluding hydrogens is 295 g/mol. The van der Waals surface area contributed by atoms with Crippen molar-refractivity contribution in [2.75, 3.05) is 5.75 Å². The van der Waals surface area contributed by atoms with Crippen molar-refractivity contribution in [3.05, 3.63) is 27.5 Å². The van der Waals surface area contributed by atoms with E-state index in [1.54, 1.807) is 6.07 Å². The maximum atomic E-state index is 10.5. The third-order valence-electron chi connectivity index (χ3n) is 2.28. The lowest BCUT2D eigenvalue weighted by atomic mass is 10.2. The highest BCUT2D eigenvalue weighted by Gasteiger charge is 2.12. The van der Waals surface area contributed by atoms with Gasteiger partial charge in [-0.05, 0) is 25.2 Å². The Morgan fingerprint density at radius 2 is 2.28 bits per heavy atom. The zero-order valence-electron chi connectivity index (χ0n) is 9.82. The third-order valence-corrected chi connectivity index (χ3v) is 3.95. The molecule has 0 radical (unpaired) electrons. The van der Waals surface area contributed by atoms with E-state index >= 15 is 0 Å². The standard InChI is InChI=1S/C11H14Cl2N2O2S/c1-6-4-8(12)7(10(13)15-6)5-18-3-2-9(14)11(16)17/h4,9H,2-3,5,14H2,1H3,(H,16,17). The summed E-state index contributed by atoms with van der Waals surface area (Å²) in [6.07, 6.45) is 0.411. The average molecular weight is 309 g/mol. The molecule has 0 aromatic carbocycles. The van der Waals surface area contributed by atoms with Gasteiger partial charge in [0.2, 0.25) is 0 Å². The van der Waals surface area contributed by atoms with E-state index in [1.807, 2.05) is 6.92 Å². The molecule has 0 aliphatic heterocycles. The SMILES string of the molecule is Cc1cc(Cl)c(CSCCC(N)C(=O)O)c(Cl)n1. The van der Waals surface area contributed by atoms with Gasteiger partial charge < -0.3 is 10.8 Å². The summed E-state index contributed by atoms with van der Waals surface area (Å²) in [6, 6.07) is 0.936. The molecule has 1 unspecified atom stereocenters.